The molecule has 28 heavy (non-hydrogen) atoms. The minimum atomic E-state index is -4.69. The Bertz CT molecular complexity index is 837. The number of amides is 1. The number of likely N-dealkylation sites (tertiary alicyclic amines) is 1. The predicted molar refractivity (Wildman–Crippen MR) is 92.4 cm³/mol. The zero-order valence-electron chi connectivity index (χ0n) is 15.2. The summed E-state index contributed by atoms with van der Waals surface area (Å²) in [6.07, 6.45) is -0.601. The van der Waals surface area contributed by atoms with Crippen molar-refractivity contribution in [2.75, 3.05) is 26.3 Å². The number of alkyl halides is 3. The molecule has 0 saturated carbocycles. The van der Waals surface area contributed by atoms with Crippen LogP contribution >= 0.6 is 0 Å². The molecule has 1 aromatic heterocycles. The molecule has 2 fully saturated rings. The molecule has 2 saturated heterocycles. The number of carbonyl (C=O) groups is 1. The molecule has 0 bridgehead atoms. The van der Waals surface area contributed by atoms with E-state index in [1.54, 1.807) is 12.1 Å². The Morgan fingerprint density at radius 1 is 1.14 bits per heavy atom. The van der Waals surface area contributed by atoms with Crippen molar-refractivity contribution < 1.29 is 27.2 Å². The van der Waals surface area contributed by atoms with Crippen LogP contribution in [0.1, 0.15) is 41.9 Å². The lowest BCUT2D eigenvalue weighted by Gasteiger charge is -2.44. The van der Waals surface area contributed by atoms with E-state index in [0.717, 1.165) is 32.3 Å². The Hall–Kier alpha value is -2.42. The molecular weight excluding hydrogens is 375 g/mol. The van der Waals surface area contributed by atoms with Gasteiger partial charge in [0.2, 0.25) is 5.82 Å². The third-order valence-corrected chi connectivity index (χ3v) is 5.41. The zero-order chi connectivity index (χ0) is 19.8. The van der Waals surface area contributed by atoms with E-state index in [4.69, 9.17) is 4.74 Å². The van der Waals surface area contributed by atoms with E-state index in [9.17, 15) is 18.0 Å². The van der Waals surface area contributed by atoms with Crippen LogP contribution in [0, 0.1) is 5.41 Å². The van der Waals surface area contributed by atoms with Gasteiger partial charge < -0.3 is 14.2 Å². The third kappa shape index (κ3) is 3.76. The molecule has 1 spiro atoms. The summed E-state index contributed by atoms with van der Waals surface area (Å²) < 4.78 is 47.7. The molecule has 0 N–H and O–H groups in total. The molecule has 0 radical (unpaired) electrons. The van der Waals surface area contributed by atoms with Crippen LogP contribution in [-0.4, -0.2) is 47.3 Å². The fraction of sp³-hybridized carbons (Fsp3) is 0.526. The Morgan fingerprint density at radius 3 is 2.54 bits per heavy atom. The van der Waals surface area contributed by atoms with Gasteiger partial charge in [-0.2, -0.15) is 18.2 Å². The van der Waals surface area contributed by atoms with Crippen LogP contribution in [0.2, 0.25) is 0 Å². The van der Waals surface area contributed by atoms with Crippen LogP contribution in [0.4, 0.5) is 13.2 Å². The number of nitrogens with zero attached hydrogens (tertiary/aromatic N) is 3. The number of benzene rings is 1. The van der Waals surface area contributed by atoms with Crippen molar-refractivity contribution in [3.8, 4) is 11.4 Å². The molecule has 4 rings (SSSR count). The highest BCUT2D eigenvalue weighted by molar-refractivity contribution is 5.94. The van der Waals surface area contributed by atoms with E-state index in [1.807, 2.05) is 4.90 Å². The number of ether oxygens (including phenoxy) is 1. The summed E-state index contributed by atoms with van der Waals surface area (Å²) in [5.74, 6) is -1.64. The third-order valence-electron chi connectivity index (χ3n) is 5.41. The van der Waals surface area contributed by atoms with Gasteiger partial charge in [-0.15, -0.1) is 0 Å². The van der Waals surface area contributed by atoms with Gasteiger partial charge in [0.25, 0.3) is 5.91 Å². The molecule has 2 aliphatic rings. The van der Waals surface area contributed by atoms with E-state index in [0.29, 0.717) is 30.8 Å². The average molecular weight is 395 g/mol. The second-order valence-electron chi connectivity index (χ2n) is 7.48. The van der Waals surface area contributed by atoms with Gasteiger partial charge in [-0.25, -0.2) is 0 Å². The van der Waals surface area contributed by atoms with Gasteiger partial charge >= 0.3 is 12.1 Å². The van der Waals surface area contributed by atoms with Crippen LogP contribution in [0.25, 0.3) is 11.4 Å². The molecule has 2 aromatic rings. The lowest BCUT2D eigenvalue weighted by molar-refractivity contribution is -0.159. The van der Waals surface area contributed by atoms with Crippen LogP contribution in [0.15, 0.2) is 28.8 Å². The number of hydrogen-bond acceptors (Lipinski definition) is 5. The topological polar surface area (TPSA) is 68.5 Å². The average Bonchev–Trinajstić information content (AvgIpc) is 3.19. The fourth-order valence-corrected chi connectivity index (χ4v) is 4.01. The van der Waals surface area contributed by atoms with E-state index in [-0.39, 0.29) is 17.1 Å². The van der Waals surface area contributed by atoms with Crippen molar-refractivity contribution in [3.05, 3.63) is 35.7 Å². The van der Waals surface area contributed by atoms with Gasteiger partial charge in [0, 0.05) is 36.2 Å². The number of hydrogen-bond donors (Lipinski definition) is 0. The van der Waals surface area contributed by atoms with Crippen molar-refractivity contribution >= 4 is 5.91 Å². The molecule has 6 nitrogen and oxygen atoms in total. The smallest absolute Gasteiger partial charge is 0.381 e. The molecule has 1 amide bonds. The second kappa shape index (κ2) is 7.20. The molecule has 1 unspecified atom stereocenters. The summed E-state index contributed by atoms with van der Waals surface area (Å²) in [4.78, 5) is 18.1. The van der Waals surface area contributed by atoms with Gasteiger partial charge in [-0.3, -0.25) is 4.79 Å². The fourth-order valence-electron chi connectivity index (χ4n) is 4.01. The van der Waals surface area contributed by atoms with Crippen molar-refractivity contribution in [2.24, 2.45) is 5.41 Å². The van der Waals surface area contributed by atoms with Gasteiger partial charge in [-0.05, 0) is 37.8 Å². The van der Waals surface area contributed by atoms with Crippen molar-refractivity contribution in [1.82, 2.24) is 15.0 Å². The van der Waals surface area contributed by atoms with Crippen molar-refractivity contribution in [2.45, 2.75) is 31.9 Å². The lowest BCUT2D eigenvalue weighted by Crippen LogP contribution is -2.49. The summed E-state index contributed by atoms with van der Waals surface area (Å²) in [7, 11) is 0. The van der Waals surface area contributed by atoms with Gasteiger partial charge in [0.15, 0.2) is 0 Å². The summed E-state index contributed by atoms with van der Waals surface area (Å²) >= 11 is 0. The molecule has 2 aliphatic heterocycles. The van der Waals surface area contributed by atoms with Crippen LogP contribution in [-0.2, 0) is 10.9 Å². The molecular formula is C19H20F3N3O3. The van der Waals surface area contributed by atoms with Gasteiger partial charge in [-0.1, -0.05) is 17.3 Å². The molecule has 1 atom stereocenters. The van der Waals surface area contributed by atoms with E-state index < -0.39 is 12.1 Å². The molecule has 9 heteroatoms. The first-order chi connectivity index (χ1) is 13.4. The van der Waals surface area contributed by atoms with E-state index >= 15 is 0 Å². The molecule has 3 heterocycles. The monoisotopic (exact) mass is 395 g/mol. The predicted octanol–water partition coefficient (Wildman–Crippen LogP) is 3.79. The highest BCUT2D eigenvalue weighted by Crippen LogP contribution is 2.38. The molecule has 150 valence electrons. The largest absolute Gasteiger partial charge is 0.471 e. The summed E-state index contributed by atoms with van der Waals surface area (Å²) in [6, 6.07) is 6.23. The Labute approximate surface area is 159 Å². The maximum Gasteiger partial charge on any atom is 0.471 e. The van der Waals surface area contributed by atoms with Crippen LogP contribution < -0.4 is 0 Å². The summed E-state index contributed by atoms with van der Waals surface area (Å²) in [5.41, 5.74) is 0.883. The lowest BCUT2D eigenvalue weighted by atomic mass is 9.75. The Kier molecular flexibility index (Phi) is 4.86. The highest BCUT2D eigenvalue weighted by atomic mass is 19.4. The van der Waals surface area contributed by atoms with Gasteiger partial charge in [0.05, 0.1) is 6.61 Å². The first-order valence-corrected chi connectivity index (χ1v) is 9.25. The quantitative estimate of drug-likeness (QED) is 0.774. The second-order valence-corrected chi connectivity index (χ2v) is 7.48. The van der Waals surface area contributed by atoms with Gasteiger partial charge in [0.1, 0.15) is 0 Å². The number of rotatable bonds is 2. The first kappa shape index (κ1) is 18.9. The van der Waals surface area contributed by atoms with Crippen LogP contribution in [0.5, 0.6) is 0 Å². The van der Waals surface area contributed by atoms with E-state index in [2.05, 4.69) is 14.7 Å². The normalized spacial score (nSPS) is 23.2. The SMILES string of the molecule is O=C(c1ccc(-c2noc(C(F)(F)F)n2)cc1)N1CCCC2(CCCOC2)C1. The van der Waals surface area contributed by atoms with E-state index in [1.165, 1.54) is 12.1 Å². The Balaban J connectivity index is 1.47. The number of carbonyl (C=O) groups excluding carboxylic acids is 1. The zero-order valence-corrected chi connectivity index (χ0v) is 15.2. The number of aromatic nitrogens is 2. The maximum atomic E-state index is 12.9. The Morgan fingerprint density at radius 2 is 1.89 bits per heavy atom. The first-order valence-electron chi connectivity index (χ1n) is 9.25. The summed E-state index contributed by atoms with van der Waals surface area (Å²) in [6.45, 7) is 2.84. The van der Waals surface area contributed by atoms with Crippen molar-refractivity contribution in [1.29, 1.82) is 0 Å². The minimum absolute atomic E-state index is 0.0464. The number of halogens is 3. The summed E-state index contributed by atoms with van der Waals surface area (Å²) in [5, 5.41) is 3.36. The highest BCUT2D eigenvalue weighted by Gasteiger charge is 2.39. The molecule has 0 aliphatic carbocycles. The minimum Gasteiger partial charge on any atom is -0.381 e. The van der Waals surface area contributed by atoms with Crippen LogP contribution in [0.3, 0.4) is 0 Å². The standard InChI is InChI=1S/C19H20F3N3O3/c20-19(21,22)17-23-15(24-28-17)13-3-5-14(6-4-13)16(26)25-9-1-7-18(11-25)8-2-10-27-12-18/h3-6H,1-2,7-12H2. The maximum absolute atomic E-state index is 12.9. The number of piperidine rings is 1. The molecule has 1 aromatic carbocycles. The van der Waals surface area contributed by atoms with Crippen molar-refractivity contribution in [3.63, 3.8) is 0 Å².